The van der Waals surface area contributed by atoms with Crippen LogP contribution in [0.3, 0.4) is 0 Å². The first-order valence-electron chi connectivity index (χ1n) is 9.05. The molecule has 2 atom stereocenters. The summed E-state index contributed by atoms with van der Waals surface area (Å²) in [5.41, 5.74) is 7.44. The van der Waals surface area contributed by atoms with Crippen molar-refractivity contribution in [2.45, 2.75) is 44.8 Å². The maximum Gasteiger partial charge on any atom is 0.226 e. The lowest BCUT2D eigenvalue weighted by molar-refractivity contribution is -0.125. The third-order valence-electron chi connectivity index (χ3n) is 5.08. The van der Waals surface area contributed by atoms with Crippen LogP contribution in [0.25, 0.3) is 0 Å². The number of carbonyl (C=O) groups is 1. The first-order valence-corrected chi connectivity index (χ1v) is 9.05. The van der Waals surface area contributed by atoms with Gasteiger partial charge in [0.05, 0.1) is 18.5 Å². The second-order valence-corrected chi connectivity index (χ2v) is 6.73. The third-order valence-corrected chi connectivity index (χ3v) is 5.08. The highest BCUT2D eigenvalue weighted by Gasteiger charge is 2.33. The van der Waals surface area contributed by atoms with Gasteiger partial charge in [0.25, 0.3) is 0 Å². The van der Waals surface area contributed by atoms with E-state index in [2.05, 4.69) is 30.9 Å². The number of amides is 1. The smallest absolute Gasteiger partial charge is 0.226 e. The fourth-order valence-corrected chi connectivity index (χ4v) is 3.69. The van der Waals surface area contributed by atoms with Crippen LogP contribution < -0.4 is 16.2 Å². The van der Waals surface area contributed by atoms with E-state index in [0.29, 0.717) is 13.1 Å². The number of nitrogens with zero attached hydrogens (tertiary/aromatic N) is 3. The number of aromatic nitrogens is 3. The van der Waals surface area contributed by atoms with Crippen molar-refractivity contribution >= 4 is 5.91 Å². The molecular formula is C18H24N6O. The van der Waals surface area contributed by atoms with Gasteiger partial charge in [0.15, 0.2) is 5.82 Å². The molecule has 4 rings (SSSR count). The van der Waals surface area contributed by atoms with Crippen LogP contribution in [0.2, 0.25) is 0 Å². The van der Waals surface area contributed by atoms with Gasteiger partial charge in [-0.2, -0.15) is 0 Å². The highest BCUT2D eigenvalue weighted by Crippen LogP contribution is 2.24. The molecule has 3 heterocycles. The summed E-state index contributed by atoms with van der Waals surface area (Å²) in [6, 6.07) is 10.0. The molecule has 3 N–H and O–H groups in total. The van der Waals surface area contributed by atoms with E-state index in [4.69, 9.17) is 0 Å². The van der Waals surface area contributed by atoms with Crippen LogP contribution >= 0.6 is 0 Å². The quantitative estimate of drug-likeness (QED) is 0.776. The number of aryl methyl sites for hydroxylation is 1. The Labute approximate surface area is 147 Å². The van der Waals surface area contributed by atoms with Crippen LogP contribution in [-0.2, 0) is 24.3 Å². The van der Waals surface area contributed by atoms with E-state index in [1.165, 1.54) is 12.8 Å². The normalized spacial score (nSPS) is 23.0. The van der Waals surface area contributed by atoms with E-state index < -0.39 is 0 Å². The third kappa shape index (κ3) is 3.43. The maximum absolute atomic E-state index is 12.7. The van der Waals surface area contributed by atoms with Gasteiger partial charge in [-0.15, -0.1) is 10.2 Å². The molecule has 1 saturated heterocycles. The lowest BCUT2D eigenvalue weighted by atomic mass is 9.94. The van der Waals surface area contributed by atoms with Crippen LogP contribution in [0, 0.1) is 5.92 Å². The van der Waals surface area contributed by atoms with Gasteiger partial charge in [-0.25, -0.2) is 5.43 Å². The maximum atomic E-state index is 12.7. The Kier molecular flexibility index (Phi) is 4.76. The number of hydrazine groups is 1. The molecule has 25 heavy (non-hydrogen) atoms. The number of hydrogen-bond acceptors (Lipinski definition) is 5. The molecular weight excluding hydrogens is 316 g/mol. The Bertz CT molecular complexity index is 728. The predicted octanol–water partition coefficient (Wildman–Crippen LogP) is 1.09. The minimum atomic E-state index is -0.145. The van der Waals surface area contributed by atoms with Gasteiger partial charge in [0, 0.05) is 19.5 Å². The number of nitrogens with one attached hydrogen (secondary N) is 3. The van der Waals surface area contributed by atoms with E-state index in [1.54, 1.807) is 0 Å². The van der Waals surface area contributed by atoms with Gasteiger partial charge in [-0.1, -0.05) is 36.8 Å². The van der Waals surface area contributed by atoms with Gasteiger partial charge < -0.3 is 9.88 Å². The Morgan fingerprint density at radius 2 is 2.08 bits per heavy atom. The zero-order valence-electron chi connectivity index (χ0n) is 14.2. The summed E-state index contributed by atoms with van der Waals surface area (Å²) in [7, 11) is 0. The molecule has 0 saturated carbocycles. The Morgan fingerprint density at radius 1 is 1.20 bits per heavy atom. The minimum Gasteiger partial charge on any atom is -0.348 e. The van der Waals surface area contributed by atoms with Crippen LogP contribution in [-0.4, -0.2) is 27.2 Å². The largest absolute Gasteiger partial charge is 0.348 e. The molecule has 1 amide bonds. The molecule has 7 heteroatoms. The van der Waals surface area contributed by atoms with Gasteiger partial charge in [0.1, 0.15) is 5.82 Å². The summed E-state index contributed by atoms with van der Waals surface area (Å²) in [4.78, 5) is 12.7. The topological polar surface area (TPSA) is 83.9 Å². The number of hydrogen-bond donors (Lipinski definition) is 3. The molecule has 0 aliphatic carbocycles. The molecule has 2 aliphatic rings. The SMILES string of the molecule is O=C(NCc1nnc2n1CCCCC2)C1CNNC1c1ccccc1. The van der Waals surface area contributed by atoms with Crippen LogP contribution in [0.1, 0.15) is 42.5 Å². The predicted molar refractivity (Wildman–Crippen MR) is 93.2 cm³/mol. The van der Waals surface area contributed by atoms with Crippen LogP contribution in [0.5, 0.6) is 0 Å². The van der Waals surface area contributed by atoms with Crippen molar-refractivity contribution in [1.82, 2.24) is 30.9 Å². The molecule has 2 unspecified atom stereocenters. The van der Waals surface area contributed by atoms with Crippen molar-refractivity contribution in [1.29, 1.82) is 0 Å². The van der Waals surface area contributed by atoms with E-state index in [0.717, 1.165) is 36.6 Å². The van der Waals surface area contributed by atoms with Crippen molar-refractivity contribution in [3.8, 4) is 0 Å². The van der Waals surface area contributed by atoms with E-state index in [1.807, 2.05) is 30.3 Å². The molecule has 7 nitrogen and oxygen atoms in total. The summed E-state index contributed by atoms with van der Waals surface area (Å²) in [5.74, 6) is 1.81. The number of rotatable bonds is 4. The Hall–Kier alpha value is -2.25. The Morgan fingerprint density at radius 3 is 2.96 bits per heavy atom. The fourth-order valence-electron chi connectivity index (χ4n) is 3.69. The molecule has 1 aromatic heterocycles. The van der Waals surface area contributed by atoms with Crippen molar-refractivity contribution in [3.63, 3.8) is 0 Å². The molecule has 2 aromatic rings. The fraction of sp³-hybridized carbons (Fsp3) is 0.500. The average Bonchev–Trinajstić information content (AvgIpc) is 3.22. The summed E-state index contributed by atoms with van der Waals surface area (Å²) < 4.78 is 2.17. The van der Waals surface area contributed by atoms with Crippen LogP contribution in [0.4, 0.5) is 0 Å². The van der Waals surface area contributed by atoms with Crippen molar-refractivity contribution in [2.75, 3.05) is 6.54 Å². The lowest BCUT2D eigenvalue weighted by Crippen LogP contribution is -2.35. The summed E-state index contributed by atoms with van der Waals surface area (Å²) in [6.45, 7) is 2.00. The summed E-state index contributed by atoms with van der Waals surface area (Å²) in [6.07, 6.45) is 4.53. The number of benzene rings is 1. The molecule has 2 aliphatic heterocycles. The minimum absolute atomic E-state index is 0.0169. The van der Waals surface area contributed by atoms with Gasteiger partial charge in [0.2, 0.25) is 5.91 Å². The highest BCUT2D eigenvalue weighted by atomic mass is 16.2. The van der Waals surface area contributed by atoms with Gasteiger partial charge in [-0.3, -0.25) is 10.2 Å². The monoisotopic (exact) mass is 340 g/mol. The molecule has 0 bridgehead atoms. The zero-order chi connectivity index (χ0) is 17.1. The molecule has 1 aromatic carbocycles. The molecule has 1 fully saturated rings. The van der Waals surface area contributed by atoms with E-state index in [-0.39, 0.29) is 17.9 Å². The second-order valence-electron chi connectivity index (χ2n) is 6.73. The highest BCUT2D eigenvalue weighted by molar-refractivity contribution is 5.80. The number of carbonyl (C=O) groups excluding carboxylic acids is 1. The molecule has 0 radical (unpaired) electrons. The van der Waals surface area contributed by atoms with Crippen molar-refractivity contribution in [3.05, 3.63) is 47.5 Å². The standard InChI is InChI=1S/C18H24N6O/c25-18(14-11-20-23-17(14)13-7-3-1-4-8-13)19-12-16-22-21-15-9-5-2-6-10-24(15)16/h1,3-4,7-8,14,17,20,23H,2,5-6,9-12H2,(H,19,25). The number of fused-ring (bicyclic) bond motifs is 1. The van der Waals surface area contributed by atoms with Crippen molar-refractivity contribution in [2.24, 2.45) is 5.92 Å². The van der Waals surface area contributed by atoms with Gasteiger partial charge in [-0.05, 0) is 18.4 Å². The first-order chi connectivity index (χ1) is 12.3. The second kappa shape index (κ2) is 7.33. The molecule has 0 spiro atoms. The van der Waals surface area contributed by atoms with E-state index >= 15 is 0 Å². The molecule has 132 valence electrons. The Balaban J connectivity index is 1.41. The lowest BCUT2D eigenvalue weighted by Gasteiger charge is -2.18. The summed E-state index contributed by atoms with van der Waals surface area (Å²) in [5, 5.41) is 11.6. The average molecular weight is 340 g/mol. The first kappa shape index (κ1) is 16.2. The van der Waals surface area contributed by atoms with E-state index in [9.17, 15) is 4.79 Å². The summed E-state index contributed by atoms with van der Waals surface area (Å²) >= 11 is 0. The van der Waals surface area contributed by atoms with Gasteiger partial charge >= 0.3 is 0 Å². The van der Waals surface area contributed by atoms with Crippen LogP contribution in [0.15, 0.2) is 30.3 Å². The van der Waals surface area contributed by atoms with Crippen molar-refractivity contribution < 1.29 is 4.79 Å². The zero-order valence-corrected chi connectivity index (χ0v) is 14.2.